The molecule has 0 bridgehead atoms. The first-order valence-electron chi connectivity index (χ1n) is 23.7. The van der Waals surface area contributed by atoms with E-state index in [1.807, 2.05) is 76.2 Å². The van der Waals surface area contributed by atoms with E-state index in [9.17, 15) is 24.3 Å². The number of imidazole rings is 2. The molecule has 3 aromatic carbocycles. The lowest BCUT2D eigenvalue weighted by Gasteiger charge is -2.33. The molecule has 4 atom stereocenters. The van der Waals surface area contributed by atoms with Crippen LogP contribution in [0.2, 0.25) is 0 Å². The monoisotopic (exact) mass is 937 g/mol. The number of hydrogen-bond donors (Lipinski definition) is 4. The van der Waals surface area contributed by atoms with E-state index < -0.39 is 24.3 Å². The lowest BCUT2D eigenvalue weighted by Crippen LogP contribution is -2.51. The molecule has 0 aliphatic carbocycles. The first-order chi connectivity index (χ1) is 32.9. The molecule has 4 amide bonds. The van der Waals surface area contributed by atoms with E-state index >= 15 is 0 Å². The van der Waals surface area contributed by atoms with Crippen LogP contribution in [0.15, 0.2) is 85.2 Å². The number of methoxy groups -OCH3 is 1. The zero-order chi connectivity index (χ0) is 49.3. The minimum Gasteiger partial charge on any atom is -0.465 e. The number of likely N-dealkylation sites (N-methyl/N-ethyl adjacent to an activating group) is 1. The summed E-state index contributed by atoms with van der Waals surface area (Å²) in [5, 5.41) is 22.0. The van der Waals surface area contributed by atoms with Gasteiger partial charge in [-0.3, -0.25) is 19.1 Å². The molecular formula is C52H63N11O6. The Morgan fingerprint density at radius 3 is 1.59 bits per heavy atom. The number of alkyl carbamates (subject to hydrolysis) is 1. The van der Waals surface area contributed by atoms with Crippen molar-refractivity contribution in [1.29, 1.82) is 0 Å². The van der Waals surface area contributed by atoms with Crippen LogP contribution in [0, 0.1) is 11.8 Å². The van der Waals surface area contributed by atoms with Gasteiger partial charge in [-0.2, -0.15) is 0 Å². The number of carboxylic acid groups (broad SMARTS) is 1. The number of rotatable bonds is 13. The first kappa shape index (κ1) is 48.2. The first-order valence-corrected chi connectivity index (χ1v) is 23.7. The number of benzene rings is 3. The van der Waals surface area contributed by atoms with Crippen LogP contribution in [0.3, 0.4) is 0 Å². The molecule has 0 unspecified atom stereocenters. The smallest absolute Gasteiger partial charge is 0.407 e. The predicted octanol–water partition coefficient (Wildman–Crippen LogP) is 9.02. The van der Waals surface area contributed by atoms with Gasteiger partial charge in [0.2, 0.25) is 11.8 Å². The summed E-state index contributed by atoms with van der Waals surface area (Å²) in [5.74, 6) is 1.99. The fraction of sp³-hybridized carbons (Fsp3) is 0.423. The van der Waals surface area contributed by atoms with Gasteiger partial charge in [-0.05, 0) is 71.8 Å². The van der Waals surface area contributed by atoms with Gasteiger partial charge in [0, 0.05) is 37.0 Å². The van der Waals surface area contributed by atoms with Gasteiger partial charge in [0.1, 0.15) is 23.7 Å². The lowest BCUT2D eigenvalue weighted by molar-refractivity contribution is -0.138. The third-order valence-electron chi connectivity index (χ3n) is 13.5. The highest BCUT2D eigenvalue weighted by Crippen LogP contribution is 2.37. The van der Waals surface area contributed by atoms with E-state index in [1.165, 1.54) is 19.7 Å². The molecule has 0 saturated carbocycles. The summed E-state index contributed by atoms with van der Waals surface area (Å²) < 4.78 is 6.87. The van der Waals surface area contributed by atoms with Crippen molar-refractivity contribution in [3.05, 3.63) is 102 Å². The molecule has 17 nitrogen and oxygen atoms in total. The predicted molar refractivity (Wildman–Crippen MR) is 262 cm³/mol. The number of likely N-dealkylation sites (tertiary alicyclic amines) is 2. The van der Waals surface area contributed by atoms with Gasteiger partial charge in [0.15, 0.2) is 11.6 Å². The largest absolute Gasteiger partial charge is 0.465 e. The molecule has 6 aromatic rings. The van der Waals surface area contributed by atoms with Crippen LogP contribution in [0.4, 0.5) is 9.59 Å². The number of ether oxygens (including phenoxy) is 1. The van der Waals surface area contributed by atoms with Gasteiger partial charge >= 0.3 is 12.2 Å². The maximum absolute atomic E-state index is 13.8. The van der Waals surface area contributed by atoms with E-state index in [0.29, 0.717) is 36.4 Å². The summed E-state index contributed by atoms with van der Waals surface area (Å²) in [6, 6.07) is 22.6. The second kappa shape index (κ2) is 19.7. The Morgan fingerprint density at radius 1 is 0.710 bits per heavy atom. The zero-order valence-corrected chi connectivity index (χ0v) is 40.9. The number of amides is 4. The van der Waals surface area contributed by atoms with Gasteiger partial charge in [0.05, 0.1) is 43.0 Å². The van der Waals surface area contributed by atoms with E-state index in [1.54, 1.807) is 22.2 Å². The molecule has 2 saturated heterocycles. The van der Waals surface area contributed by atoms with Crippen LogP contribution in [0.5, 0.6) is 0 Å². The molecule has 0 spiro atoms. The Hall–Kier alpha value is -7.30. The molecule has 2 aliphatic heterocycles. The minimum atomic E-state index is -1.14. The van der Waals surface area contributed by atoms with E-state index in [0.717, 1.165) is 69.9 Å². The second-order valence-electron chi connectivity index (χ2n) is 19.8. The Bertz CT molecular complexity index is 2790. The van der Waals surface area contributed by atoms with Crippen molar-refractivity contribution in [1.82, 2.24) is 54.7 Å². The highest BCUT2D eigenvalue weighted by molar-refractivity contribution is 5.87. The standard InChI is InChI=1S/C52H63N11O6/c1-30(2)42(57-50(66)69-9)48(64)61-26-10-12-40(61)44-53-28-38(55-44)32-14-18-34(19-15-32)46-58-59-47(63(46)37-24-22-36(23-25-37)52(5,6)7)35-20-16-33(17-21-35)39-29-54-45(56-39)41-13-11-27-62(41)49(65)43(31(3)4)60(8)51(67)68/h14-25,28-31,40-43H,10-13,26-27H2,1-9H3,(H,53,55)(H,54,56)(H,57,66)(H,67,68)/t40-,41-,42-,43-/m0/s1. The van der Waals surface area contributed by atoms with Crippen LogP contribution in [0.25, 0.3) is 51.0 Å². The highest BCUT2D eigenvalue weighted by atomic mass is 16.5. The van der Waals surface area contributed by atoms with Gasteiger partial charge in [0.25, 0.3) is 0 Å². The number of H-pyrrole nitrogens is 2. The molecular weight excluding hydrogens is 875 g/mol. The number of nitrogens with one attached hydrogen (secondary N) is 3. The zero-order valence-electron chi connectivity index (χ0n) is 40.9. The average Bonchev–Trinajstić information content (AvgIpc) is 4.20. The van der Waals surface area contributed by atoms with Crippen LogP contribution in [-0.2, 0) is 19.7 Å². The number of aromatic nitrogens is 7. The Balaban J connectivity index is 1.05. The van der Waals surface area contributed by atoms with Crippen LogP contribution >= 0.6 is 0 Å². The number of carbonyl (C=O) groups is 4. The molecule has 3 aromatic heterocycles. The third-order valence-corrected chi connectivity index (χ3v) is 13.5. The van der Waals surface area contributed by atoms with Crippen molar-refractivity contribution in [2.24, 2.45) is 11.8 Å². The van der Waals surface area contributed by atoms with Gasteiger partial charge in [-0.25, -0.2) is 19.6 Å². The van der Waals surface area contributed by atoms with Crippen LogP contribution in [0.1, 0.15) is 103 Å². The molecule has 5 heterocycles. The molecule has 2 aliphatic rings. The van der Waals surface area contributed by atoms with Crippen LogP contribution in [-0.4, -0.2) is 118 Å². The Morgan fingerprint density at radius 2 is 1.17 bits per heavy atom. The van der Waals surface area contributed by atoms with Crippen molar-refractivity contribution < 1.29 is 29.0 Å². The molecule has 2 fully saturated rings. The lowest BCUT2D eigenvalue weighted by atomic mass is 9.87. The summed E-state index contributed by atoms with van der Waals surface area (Å²) >= 11 is 0. The fourth-order valence-electron chi connectivity index (χ4n) is 9.61. The van der Waals surface area contributed by atoms with E-state index in [4.69, 9.17) is 24.9 Å². The van der Waals surface area contributed by atoms with Crippen molar-refractivity contribution in [3.63, 3.8) is 0 Å². The SMILES string of the molecule is COC(=O)N[C@H](C(=O)N1CCC[C@H]1c1ncc(-c2ccc(-c3nnc(-c4ccc(-c5cnc([C@@H]6CCCN6C(=O)[C@H](C(C)C)N(C)C(=O)O)[nH]5)cc4)n3-c3ccc(C(C)(C)C)cc3)cc2)[nH]1)C(C)C. The molecule has 69 heavy (non-hydrogen) atoms. The minimum absolute atomic E-state index is 0.0367. The van der Waals surface area contributed by atoms with Crippen molar-refractivity contribution in [2.75, 3.05) is 27.2 Å². The Labute approximate surface area is 402 Å². The maximum atomic E-state index is 13.8. The maximum Gasteiger partial charge on any atom is 0.407 e. The fourth-order valence-corrected chi connectivity index (χ4v) is 9.61. The van der Waals surface area contributed by atoms with Crippen molar-refractivity contribution in [2.45, 2.75) is 104 Å². The molecule has 8 rings (SSSR count). The second-order valence-corrected chi connectivity index (χ2v) is 19.8. The quantitative estimate of drug-likeness (QED) is 0.0864. The number of aromatic amines is 2. The van der Waals surface area contributed by atoms with E-state index in [2.05, 4.69) is 64.9 Å². The molecule has 17 heteroatoms. The normalized spacial score (nSPS) is 17.1. The molecule has 4 N–H and O–H groups in total. The third kappa shape index (κ3) is 9.85. The topological polar surface area (TPSA) is 208 Å². The number of hydrogen-bond acceptors (Lipinski definition) is 9. The molecule has 362 valence electrons. The van der Waals surface area contributed by atoms with E-state index in [-0.39, 0.29) is 41.1 Å². The summed E-state index contributed by atoms with van der Waals surface area (Å²) in [6.07, 6.45) is 4.89. The number of carbonyl (C=O) groups excluding carboxylic acids is 3. The summed E-state index contributed by atoms with van der Waals surface area (Å²) in [6.45, 7) is 15.2. The van der Waals surface area contributed by atoms with Gasteiger partial charge < -0.3 is 34.9 Å². The summed E-state index contributed by atoms with van der Waals surface area (Å²) in [7, 11) is 2.73. The van der Waals surface area contributed by atoms with Crippen LogP contribution < -0.4 is 5.32 Å². The van der Waals surface area contributed by atoms with Gasteiger partial charge in [-0.15, -0.1) is 10.2 Å². The van der Waals surface area contributed by atoms with Gasteiger partial charge in [-0.1, -0.05) is 109 Å². The average molecular weight is 938 g/mol. The summed E-state index contributed by atoms with van der Waals surface area (Å²) in [5.41, 5.74) is 7.21. The number of nitrogens with zero attached hydrogens (tertiary/aromatic N) is 8. The van der Waals surface area contributed by atoms with Crippen molar-refractivity contribution >= 4 is 24.0 Å². The Kier molecular flexibility index (Phi) is 13.8. The molecule has 0 radical (unpaired) electrons. The highest BCUT2D eigenvalue weighted by Gasteiger charge is 2.40. The summed E-state index contributed by atoms with van der Waals surface area (Å²) in [4.78, 5) is 72.5. The van der Waals surface area contributed by atoms with Crippen molar-refractivity contribution in [3.8, 4) is 51.0 Å².